The summed E-state index contributed by atoms with van der Waals surface area (Å²) in [7, 11) is 0. The van der Waals surface area contributed by atoms with Gasteiger partial charge in [0, 0.05) is 19.7 Å². The Hall–Kier alpha value is -1.75. The van der Waals surface area contributed by atoms with E-state index in [2.05, 4.69) is 4.90 Å². The van der Waals surface area contributed by atoms with Crippen molar-refractivity contribution < 1.29 is 14.6 Å². The molecule has 0 amide bonds. The maximum Gasteiger partial charge on any atom is 0.340 e. The molecular formula is C15H22N2O3. The van der Waals surface area contributed by atoms with Crippen molar-refractivity contribution >= 4 is 17.3 Å². The van der Waals surface area contributed by atoms with Gasteiger partial charge in [0.05, 0.1) is 23.5 Å². The number of nitrogens with zero attached hydrogens (tertiary/aromatic N) is 1. The van der Waals surface area contributed by atoms with E-state index in [1.807, 2.05) is 0 Å². The van der Waals surface area contributed by atoms with Crippen molar-refractivity contribution in [2.45, 2.75) is 19.8 Å². The number of ether oxygens (including phenoxy) is 1. The number of para-hydroxylation sites is 1. The summed E-state index contributed by atoms with van der Waals surface area (Å²) < 4.78 is 5.10. The number of carbonyl (C=O) groups excluding carboxylic acids is 1. The second kappa shape index (κ2) is 6.61. The molecule has 1 aromatic rings. The number of aliphatic hydroxyl groups excluding tert-OH is 1. The van der Waals surface area contributed by atoms with Crippen LogP contribution in [-0.4, -0.2) is 37.4 Å². The van der Waals surface area contributed by atoms with Gasteiger partial charge in [-0.25, -0.2) is 4.79 Å². The van der Waals surface area contributed by atoms with E-state index in [1.54, 1.807) is 25.1 Å². The maximum absolute atomic E-state index is 12.0. The largest absolute Gasteiger partial charge is 0.462 e. The predicted molar refractivity (Wildman–Crippen MR) is 78.8 cm³/mol. The number of rotatable bonds is 5. The van der Waals surface area contributed by atoms with Crippen molar-refractivity contribution in [3.8, 4) is 0 Å². The minimum Gasteiger partial charge on any atom is -0.462 e. The maximum atomic E-state index is 12.0. The van der Waals surface area contributed by atoms with Crippen LogP contribution in [0.15, 0.2) is 18.2 Å². The van der Waals surface area contributed by atoms with E-state index in [4.69, 9.17) is 15.6 Å². The molecule has 0 bridgehead atoms. The average molecular weight is 278 g/mol. The molecule has 0 saturated carbocycles. The molecule has 0 aliphatic carbocycles. The number of carbonyl (C=O) groups is 1. The first-order chi connectivity index (χ1) is 9.67. The Kier molecular flexibility index (Phi) is 4.84. The lowest BCUT2D eigenvalue weighted by molar-refractivity contribution is 0.0527. The van der Waals surface area contributed by atoms with Gasteiger partial charge in [0.25, 0.3) is 0 Å². The molecule has 1 saturated heterocycles. The van der Waals surface area contributed by atoms with E-state index in [1.165, 1.54) is 0 Å². The van der Waals surface area contributed by atoms with Crippen LogP contribution in [0.3, 0.4) is 0 Å². The zero-order chi connectivity index (χ0) is 14.5. The number of benzene rings is 1. The molecule has 2 rings (SSSR count). The smallest absolute Gasteiger partial charge is 0.340 e. The van der Waals surface area contributed by atoms with Crippen molar-refractivity contribution in [2.75, 3.05) is 36.9 Å². The molecule has 110 valence electrons. The van der Waals surface area contributed by atoms with Gasteiger partial charge in [-0.2, -0.15) is 0 Å². The van der Waals surface area contributed by atoms with Crippen LogP contribution in [0.1, 0.15) is 30.1 Å². The number of aliphatic hydroxyl groups is 1. The molecule has 1 atom stereocenters. The van der Waals surface area contributed by atoms with Gasteiger partial charge in [-0.05, 0) is 37.8 Å². The Balaban J connectivity index is 2.24. The Labute approximate surface area is 119 Å². The van der Waals surface area contributed by atoms with Crippen LogP contribution < -0.4 is 10.6 Å². The summed E-state index contributed by atoms with van der Waals surface area (Å²) in [5.41, 5.74) is 7.95. The number of hydrogen-bond donors (Lipinski definition) is 2. The molecule has 1 aromatic carbocycles. The SMILES string of the molecule is CCOC(=O)c1cccc(N)c1N1CCC(CCO)C1. The average Bonchev–Trinajstić information content (AvgIpc) is 2.87. The second-order valence-electron chi connectivity index (χ2n) is 5.08. The summed E-state index contributed by atoms with van der Waals surface area (Å²) in [4.78, 5) is 14.2. The van der Waals surface area contributed by atoms with Crippen molar-refractivity contribution in [2.24, 2.45) is 5.92 Å². The third kappa shape index (κ3) is 3.04. The molecular weight excluding hydrogens is 256 g/mol. The highest BCUT2D eigenvalue weighted by molar-refractivity contribution is 5.99. The molecule has 1 aliphatic heterocycles. The lowest BCUT2D eigenvalue weighted by Gasteiger charge is -2.23. The molecule has 0 spiro atoms. The highest BCUT2D eigenvalue weighted by atomic mass is 16.5. The first-order valence-corrected chi connectivity index (χ1v) is 7.08. The zero-order valence-corrected chi connectivity index (χ0v) is 11.8. The standard InChI is InChI=1S/C15H22N2O3/c1-2-20-15(19)12-4-3-5-13(16)14(12)17-8-6-11(10-17)7-9-18/h3-5,11,18H,2,6-10,16H2,1H3. The topological polar surface area (TPSA) is 75.8 Å². The molecule has 3 N–H and O–H groups in total. The van der Waals surface area contributed by atoms with Crippen molar-refractivity contribution in [3.63, 3.8) is 0 Å². The van der Waals surface area contributed by atoms with Gasteiger partial charge in [-0.15, -0.1) is 0 Å². The van der Waals surface area contributed by atoms with Crippen molar-refractivity contribution in [1.29, 1.82) is 0 Å². The third-order valence-electron chi connectivity index (χ3n) is 3.70. The van der Waals surface area contributed by atoms with Crippen LogP contribution in [0, 0.1) is 5.92 Å². The van der Waals surface area contributed by atoms with E-state index in [9.17, 15) is 4.79 Å². The number of esters is 1. The fraction of sp³-hybridized carbons (Fsp3) is 0.533. The van der Waals surface area contributed by atoms with Gasteiger partial charge < -0.3 is 20.5 Å². The highest BCUT2D eigenvalue weighted by Gasteiger charge is 2.27. The normalized spacial score (nSPS) is 18.3. The molecule has 0 radical (unpaired) electrons. The van der Waals surface area contributed by atoms with Crippen LogP contribution in [0.4, 0.5) is 11.4 Å². The highest BCUT2D eigenvalue weighted by Crippen LogP contribution is 2.33. The molecule has 1 heterocycles. The van der Waals surface area contributed by atoms with E-state index in [0.717, 1.165) is 31.6 Å². The van der Waals surface area contributed by atoms with Crippen molar-refractivity contribution in [1.82, 2.24) is 0 Å². The Morgan fingerprint density at radius 3 is 3.05 bits per heavy atom. The lowest BCUT2D eigenvalue weighted by atomic mass is 10.1. The first kappa shape index (κ1) is 14.7. The van der Waals surface area contributed by atoms with E-state index >= 15 is 0 Å². The third-order valence-corrected chi connectivity index (χ3v) is 3.70. The van der Waals surface area contributed by atoms with Crippen molar-refractivity contribution in [3.05, 3.63) is 23.8 Å². The fourth-order valence-electron chi connectivity index (χ4n) is 2.74. The Morgan fingerprint density at radius 1 is 1.55 bits per heavy atom. The van der Waals surface area contributed by atoms with Crippen LogP contribution in [0.2, 0.25) is 0 Å². The van der Waals surface area contributed by atoms with Crippen LogP contribution in [0.5, 0.6) is 0 Å². The van der Waals surface area contributed by atoms with Gasteiger partial charge in [0.15, 0.2) is 0 Å². The second-order valence-corrected chi connectivity index (χ2v) is 5.08. The first-order valence-electron chi connectivity index (χ1n) is 7.08. The summed E-state index contributed by atoms with van der Waals surface area (Å²) in [5, 5.41) is 9.03. The van der Waals surface area contributed by atoms with Gasteiger partial charge in [0.1, 0.15) is 0 Å². The molecule has 20 heavy (non-hydrogen) atoms. The number of nitrogen functional groups attached to an aromatic ring is 1. The molecule has 0 aromatic heterocycles. The molecule has 5 nitrogen and oxygen atoms in total. The van der Waals surface area contributed by atoms with Gasteiger partial charge in [-0.3, -0.25) is 0 Å². The molecule has 5 heteroatoms. The predicted octanol–water partition coefficient (Wildman–Crippen LogP) is 1.65. The van der Waals surface area contributed by atoms with Crippen LogP contribution >= 0.6 is 0 Å². The lowest BCUT2D eigenvalue weighted by Crippen LogP contribution is -2.24. The van der Waals surface area contributed by atoms with E-state index in [0.29, 0.717) is 23.8 Å². The number of anilines is 2. The summed E-state index contributed by atoms with van der Waals surface area (Å²) in [5.74, 6) is 0.120. The van der Waals surface area contributed by atoms with Crippen LogP contribution in [-0.2, 0) is 4.74 Å². The van der Waals surface area contributed by atoms with Gasteiger partial charge >= 0.3 is 5.97 Å². The number of nitrogens with two attached hydrogens (primary N) is 1. The fourth-order valence-corrected chi connectivity index (χ4v) is 2.74. The molecule has 1 unspecified atom stereocenters. The van der Waals surface area contributed by atoms with Gasteiger partial charge in [-0.1, -0.05) is 6.07 Å². The summed E-state index contributed by atoms with van der Waals surface area (Å²) in [6.07, 6.45) is 1.80. The molecule has 1 aliphatic rings. The van der Waals surface area contributed by atoms with E-state index in [-0.39, 0.29) is 12.6 Å². The minimum absolute atomic E-state index is 0.202. The summed E-state index contributed by atoms with van der Waals surface area (Å²) >= 11 is 0. The quantitative estimate of drug-likeness (QED) is 0.633. The summed E-state index contributed by atoms with van der Waals surface area (Å²) in [6, 6.07) is 5.33. The Morgan fingerprint density at radius 2 is 2.35 bits per heavy atom. The Bertz CT molecular complexity index is 476. The number of hydrogen-bond acceptors (Lipinski definition) is 5. The molecule has 1 fully saturated rings. The van der Waals surface area contributed by atoms with Gasteiger partial charge in [0.2, 0.25) is 0 Å². The van der Waals surface area contributed by atoms with E-state index < -0.39 is 0 Å². The monoisotopic (exact) mass is 278 g/mol. The minimum atomic E-state index is -0.333. The zero-order valence-electron chi connectivity index (χ0n) is 11.8. The summed E-state index contributed by atoms with van der Waals surface area (Å²) in [6.45, 7) is 4.01. The van der Waals surface area contributed by atoms with Crippen LogP contribution in [0.25, 0.3) is 0 Å².